The number of carboxylic acids is 1. The van der Waals surface area contributed by atoms with Crippen LogP contribution >= 0.6 is 0 Å². The van der Waals surface area contributed by atoms with Gasteiger partial charge in [-0.25, -0.2) is 4.79 Å². The first-order valence-electron chi connectivity index (χ1n) is 6.45. The van der Waals surface area contributed by atoms with E-state index in [0.29, 0.717) is 17.7 Å². The monoisotopic (exact) mass is 284 g/mol. The molecule has 0 aromatic heterocycles. The highest BCUT2D eigenvalue weighted by atomic mass is 16.5. The van der Waals surface area contributed by atoms with Gasteiger partial charge in [0, 0.05) is 12.0 Å². The fourth-order valence-electron chi connectivity index (χ4n) is 1.99. The highest BCUT2D eigenvalue weighted by Gasteiger charge is 2.09. The summed E-state index contributed by atoms with van der Waals surface area (Å²) in [5.41, 5.74) is 1.86. The second kappa shape index (κ2) is 6.61. The van der Waals surface area contributed by atoms with Crippen LogP contribution in [0, 0.1) is 0 Å². The van der Waals surface area contributed by atoms with E-state index in [4.69, 9.17) is 4.74 Å². The van der Waals surface area contributed by atoms with Crippen molar-refractivity contribution in [2.45, 2.75) is 6.42 Å². The van der Waals surface area contributed by atoms with Crippen LogP contribution in [0.4, 0.5) is 0 Å². The summed E-state index contributed by atoms with van der Waals surface area (Å²) in [6, 6.07) is 14.1. The van der Waals surface area contributed by atoms with Crippen molar-refractivity contribution in [3.05, 3.63) is 65.2 Å². The van der Waals surface area contributed by atoms with E-state index in [0.717, 1.165) is 5.56 Å². The van der Waals surface area contributed by atoms with E-state index < -0.39 is 5.97 Å². The number of carbonyl (C=O) groups is 1. The largest absolute Gasteiger partial charge is 0.504 e. The summed E-state index contributed by atoms with van der Waals surface area (Å²) in [6.07, 6.45) is 1.91. The predicted octanol–water partition coefficient (Wildman–Crippen LogP) is 3.11. The molecule has 0 unspecified atom stereocenters. The van der Waals surface area contributed by atoms with E-state index in [1.807, 2.05) is 30.3 Å². The van der Waals surface area contributed by atoms with Crippen molar-refractivity contribution in [1.29, 1.82) is 0 Å². The predicted molar refractivity (Wildman–Crippen MR) is 80.4 cm³/mol. The number of aromatic hydroxyl groups is 1. The molecule has 0 saturated heterocycles. The summed E-state index contributed by atoms with van der Waals surface area (Å²) in [6.45, 7) is 0. The average molecular weight is 284 g/mol. The van der Waals surface area contributed by atoms with Gasteiger partial charge in [0.05, 0.1) is 7.11 Å². The lowest BCUT2D eigenvalue weighted by Crippen LogP contribution is -2.03. The summed E-state index contributed by atoms with van der Waals surface area (Å²) < 4.78 is 5.02. The zero-order valence-corrected chi connectivity index (χ0v) is 11.6. The Hall–Kier alpha value is -2.75. The molecule has 0 saturated carbocycles. The molecule has 0 fully saturated rings. The first kappa shape index (κ1) is 14.7. The molecule has 0 radical (unpaired) electrons. The molecule has 2 N–H and O–H groups in total. The molecule has 108 valence electrons. The molecule has 0 aliphatic heterocycles. The normalized spacial score (nSPS) is 11.2. The third kappa shape index (κ3) is 3.86. The van der Waals surface area contributed by atoms with Gasteiger partial charge in [-0.05, 0) is 29.3 Å². The van der Waals surface area contributed by atoms with Crippen molar-refractivity contribution in [2.75, 3.05) is 7.11 Å². The van der Waals surface area contributed by atoms with Crippen LogP contribution in [0.3, 0.4) is 0 Å². The smallest absolute Gasteiger partial charge is 0.331 e. The number of phenolic OH excluding ortho intramolecular Hbond substituents is 1. The second-order valence-corrected chi connectivity index (χ2v) is 4.57. The minimum absolute atomic E-state index is 0.0228. The molecule has 0 bridgehead atoms. The zero-order valence-electron chi connectivity index (χ0n) is 11.6. The Morgan fingerprint density at radius 3 is 2.52 bits per heavy atom. The highest BCUT2D eigenvalue weighted by molar-refractivity contribution is 5.92. The van der Waals surface area contributed by atoms with E-state index in [1.54, 1.807) is 18.2 Å². The SMILES string of the molecule is COc1cc(C=C(Cc2ccccc2)C(=O)O)ccc1O. The van der Waals surface area contributed by atoms with Crippen molar-refractivity contribution in [3.63, 3.8) is 0 Å². The third-order valence-corrected chi connectivity index (χ3v) is 3.06. The Kier molecular flexibility index (Phi) is 4.61. The van der Waals surface area contributed by atoms with E-state index in [-0.39, 0.29) is 11.3 Å². The molecule has 0 heterocycles. The molecule has 0 atom stereocenters. The fraction of sp³-hybridized carbons (Fsp3) is 0.118. The summed E-state index contributed by atoms with van der Waals surface area (Å²) in [4.78, 5) is 11.4. The number of phenols is 1. The maximum absolute atomic E-state index is 11.4. The lowest BCUT2D eigenvalue weighted by Gasteiger charge is -2.06. The summed E-state index contributed by atoms with van der Waals surface area (Å²) in [5.74, 6) is -0.631. The van der Waals surface area contributed by atoms with Crippen molar-refractivity contribution < 1.29 is 19.7 Å². The van der Waals surface area contributed by atoms with Gasteiger partial charge in [-0.1, -0.05) is 36.4 Å². The maximum atomic E-state index is 11.4. The Labute approximate surface area is 122 Å². The van der Waals surface area contributed by atoms with Gasteiger partial charge in [-0.15, -0.1) is 0 Å². The number of hydrogen-bond donors (Lipinski definition) is 2. The Balaban J connectivity index is 2.31. The van der Waals surface area contributed by atoms with Gasteiger partial charge in [-0.3, -0.25) is 0 Å². The van der Waals surface area contributed by atoms with Crippen LogP contribution in [0.15, 0.2) is 54.1 Å². The van der Waals surface area contributed by atoms with Crippen LogP contribution in [-0.4, -0.2) is 23.3 Å². The third-order valence-electron chi connectivity index (χ3n) is 3.06. The molecule has 2 aromatic carbocycles. The first-order chi connectivity index (χ1) is 10.1. The van der Waals surface area contributed by atoms with Crippen LogP contribution in [0.2, 0.25) is 0 Å². The number of aliphatic carboxylic acids is 1. The van der Waals surface area contributed by atoms with Crippen LogP contribution in [0.5, 0.6) is 11.5 Å². The Morgan fingerprint density at radius 1 is 1.19 bits per heavy atom. The van der Waals surface area contributed by atoms with Gasteiger partial charge in [0.15, 0.2) is 11.5 Å². The van der Waals surface area contributed by atoms with Crippen molar-refractivity contribution in [3.8, 4) is 11.5 Å². The number of ether oxygens (including phenoxy) is 1. The molecule has 0 aliphatic carbocycles. The molecule has 0 amide bonds. The summed E-state index contributed by atoms with van der Waals surface area (Å²) in [5, 5.41) is 18.9. The molecule has 4 heteroatoms. The molecule has 21 heavy (non-hydrogen) atoms. The van der Waals surface area contributed by atoms with Gasteiger partial charge >= 0.3 is 5.97 Å². The second-order valence-electron chi connectivity index (χ2n) is 4.57. The number of hydrogen-bond acceptors (Lipinski definition) is 3. The first-order valence-corrected chi connectivity index (χ1v) is 6.45. The van der Waals surface area contributed by atoms with E-state index in [9.17, 15) is 15.0 Å². The van der Waals surface area contributed by atoms with Crippen molar-refractivity contribution >= 4 is 12.0 Å². The standard InChI is InChI=1S/C17H16O4/c1-21-16-11-13(7-8-15(16)18)10-14(17(19)20)9-12-5-3-2-4-6-12/h2-8,10-11,18H,9H2,1H3,(H,19,20). The van der Waals surface area contributed by atoms with Gasteiger partial charge in [0.25, 0.3) is 0 Å². The van der Waals surface area contributed by atoms with E-state index in [2.05, 4.69) is 0 Å². The number of rotatable bonds is 5. The number of carboxylic acid groups (broad SMARTS) is 1. The zero-order chi connectivity index (χ0) is 15.2. The van der Waals surface area contributed by atoms with E-state index >= 15 is 0 Å². The van der Waals surface area contributed by atoms with Gasteiger partial charge < -0.3 is 14.9 Å². The quantitative estimate of drug-likeness (QED) is 0.828. The molecular weight excluding hydrogens is 268 g/mol. The molecule has 0 spiro atoms. The number of benzene rings is 2. The molecule has 2 aromatic rings. The average Bonchev–Trinajstić information content (AvgIpc) is 2.49. The topological polar surface area (TPSA) is 66.8 Å². The fourth-order valence-corrected chi connectivity index (χ4v) is 1.99. The number of methoxy groups -OCH3 is 1. The van der Waals surface area contributed by atoms with E-state index in [1.165, 1.54) is 13.2 Å². The van der Waals surface area contributed by atoms with Crippen molar-refractivity contribution in [2.24, 2.45) is 0 Å². The molecule has 2 rings (SSSR count). The summed E-state index contributed by atoms with van der Waals surface area (Å²) >= 11 is 0. The molecular formula is C17H16O4. The van der Waals surface area contributed by atoms with Crippen LogP contribution < -0.4 is 4.74 Å². The van der Waals surface area contributed by atoms with Crippen LogP contribution in [-0.2, 0) is 11.2 Å². The van der Waals surface area contributed by atoms with Gasteiger partial charge in [0.2, 0.25) is 0 Å². The van der Waals surface area contributed by atoms with Crippen LogP contribution in [0.1, 0.15) is 11.1 Å². The minimum atomic E-state index is -0.967. The molecule has 4 nitrogen and oxygen atoms in total. The lowest BCUT2D eigenvalue weighted by molar-refractivity contribution is -0.132. The maximum Gasteiger partial charge on any atom is 0.331 e. The van der Waals surface area contributed by atoms with Crippen molar-refractivity contribution in [1.82, 2.24) is 0 Å². The Morgan fingerprint density at radius 2 is 1.90 bits per heavy atom. The lowest BCUT2D eigenvalue weighted by atomic mass is 10.0. The summed E-state index contributed by atoms with van der Waals surface area (Å²) in [7, 11) is 1.45. The minimum Gasteiger partial charge on any atom is -0.504 e. The Bertz CT molecular complexity index is 660. The van der Waals surface area contributed by atoms with Gasteiger partial charge in [0.1, 0.15) is 0 Å². The molecule has 0 aliphatic rings. The highest BCUT2D eigenvalue weighted by Crippen LogP contribution is 2.27. The van der Waals surface area contributed by atoms with Crippen LogP contribution in [0.25, 0.3) is 6.08 Å². The van der Waals surface area contributed by atoms with Gasteiger partial charge in [-0.2, -0.15) is 0 Å².